The number of nitrogens with zero attached hydrogens (tertiary/aromatic N) is 1. The fourth-order valence-corrected chi connectivity index (χ4v) is 3.57. The predicted molar refractivity (Wildman–Crippen MR) is 95.3 cm³/mol. The number of aliphatic hydroxyl groups excluding tert-OH is 1. The van der Waals surface area contributed by atoms with Crippen LogP contribution in [-0.4, -0.2) is 49.0 Å². The molecule has 1 aliphatic heterocycles. The molecular formula is C17H24ClNO2S. The van der Waals surface area contributed by atoms with E-state index >= 15 is 0 Å². The van der Waals surface area contributed by atoms with Crippen molar-refractivity contribution in [3.63, 3.8) is 0 Å². The molecule has 1 saturated heterocycles. The van der Waals surface area contributed by atoms with Gasteiger partial charge in [-0.2, -0.15) is 0 Å². The van der Waals surface area contributed by atoms with Crippen molar-refractivity contribution < 1.29 is 9.84 Å². The number of likely N-dealkylation sites (tertiary alicyclic amines) is 1. The van der Waals surface area contributed by atoms with Crippen LogP contribution in [-0.2, 0) is 11.2 Å². The number of hydrogen-bond donors (Lipinski definition) is 1. The molecule has 2 aromatic rings. The summed E-state index contributed by atoms with van der Waals surface area (Å²) in [6, 6.07) is 8.85. The lowest BCUT2D eigenvalue weighted by Gasteiger charge is -2.29. The van der Waals surface area contributed by atoms with Gasteiger partial charge in [0.2, 0.25) is 0 Å². The van der Waals surface area contributed by atoms with Crippen LogP contribution in [0.25, 0.3) is 10.1 Å². The second-order valence-electron chi connectivity index (χ2n) is 5.73. The summed E-state index contributed by atoms with van der Waals surface area (Å²) in [5.74, 6) is 0. The van der Waals surface area contributed by atoms with Gasteiger partial charge in [-0.05, 0) is 47.7 Å². The summed E-state index contributed by atoms with van der Waals surface area (Å²) in [5.41, 5.74) is 1.35. The minimum absolute atomic E-state index is 0. The second-order valence-corrected chi connectivity index (χ2v) is 6.68. The molecule has 0 radical (unpaired) electrons. The fourth-order valence-electron chi connectivity index (χ4n) is 2.80. The summed E-state index contributed by atoms with van der Waals surface area (Å²) >= 11 is 1.79. The van der Waals surface area contributed by atoms with Crippen molar-refractivity contribution in [1.29, 1.82) is 0 Å². The lowest BCUT2D eigenvalue weighted by molar-refractivity contribution is 0.0564. The van der Waals surface area contributed by atoms with E-state index in [1.807, 2.05) is 0 Å². The molecule has 3 rings (SSSR count). The molecule has 0 spiro atoms. The average molecular weight is 342 g/mol. The van der Waals surface area contributed by atoms with Gasteiger partial charge in [0.25, 0.3) is 0 Å². The van der Waals surface area contributed by atoms with E-state index in [0.29, 0.717) is 0 Å². The van der Waals surface area contributed by atoms with Gasteiger partial charge in [0, 0.05) is 24.3 Å². The Morgan fingerprint density at radius 1 is 1.18 bits per heavy atom. The van der Waals surface area contributed by atoms with Crippen molar-refractivity contribution in [3.8, 4) is 0 Å². The number of piperidine rings is 1. The second kappa shape index (κ2) is 8.85. The molecule has 0 saturated carbocycles. The molecule has 1 aromatic heterocycles. The predicted octanol–water partition coefficient (Wildman–Crippen LogP) is 3.34. The maximum absolute atomic E-state index is 9.47. The first kappa shape index (κ1) is 17.7. The van der Waals surface area contributed by atoms with Gasteiger partial charge in [-0.15, -0.1) is 23.7 Å². The topological polar surface area (TPSA) is 32.7 Å². The molecule has 0 amide bonds. The van der Waals surface area contributed by atoms with Gasteiger partial charge in [0.1, 0.15) is 0 Å². The highest BCUT2D eigenvalue weighted by Crippen LogP contribution is 2.21. The SMILES string of the molecule is Cl.OC1CCN(CCOCCc2ccc3sccc3c2)CC1. The third kappa shape index (κ3) is 4.93. The van der Waals surface area contributed by atoms with E-state index in [9.17, 15) is 5.11 Å². The Bertz CT molecular complexity index is 567. The van der Waals surface area contributed by atoms with Crippen LogP contribution in [0.4, 0.5) is 0 Å². The van der Waals surface area contributed by atoms with Gasteiger partial charge in [0.15, 0.2) is 0 Å². The molecule has 0 bridgehead atoms. The minimum atomic E-state index is -0.0887. The van der Waals surface area contributed by atoms with E-state index in [4.69, 9.17) is 4.74 Å². The molecule has 0 aliphatic carbocycles. The van der Waals surface area contributed by atoms with Crippen molar-refractivity contribution >= 4 is 33.8 Å². The number of halogens is 1. The van der Waals surface area contributed by atoms with Gasteiger partial charge in [-0.1, -0.05) is 12.1 Å². The number of fused-ring (bicyclic) bond motifs is 1. The molecule has 1 N–H and O–H groups in total. The Balaban J connectivity index is 0.00000176. The average Bonchev–Trinajstić information content (AvgIpc) is 2.96. The fraction of sp³-hybridized carbons (Fsp3) is 0.529. The van der Waals surface area contributed by atoms with Gasteiger partial charge in [-0.3, -0.25) is 0 Å². The maximum Gasteiger partial charge on any atom is 0.0593 e. The summed E-state index contributed by atoms with van der Waals surface area (Å²) in [6.45, 7) is 4.55. The molecule has 122 valence electrons. The van der Waals surface area contributed by atoms with Gasteiger partial charge >= 0.3 is 0 Å². The van der Waals surface area contributed by atoms with Crippen LogP contribution < -0.4 is 0 Å². The Hall–Kier alpha value is -0.650. The highest BCUT2D eigenvalue weighted by atomic mass is 35.5. The molecule has 2 heterocycles. The van der Waals surface area contributed by atoms with Crippen LogP contribution in [0.5, 0.6) is 0 Å². The molecule has 22 heavy (non-hydrogen) atoms. The quantitative estimate of drug-likeness (QED) is 0.818. The van der Waals surface area contributed by atoms with E-state index in [1.54, 1.807) is 11.3 Å². The lowest BCUT2D eigenvalue weighted by Crippen LogP contribution is -2.37. The van der Waals surface area contributed by atoms with E-state index in [2.05, 4.69) is 34.5 Å². The number of benzene rings is 1. The Morgan fingerprint density at radius 2 is 2.00 bits per heavy atom. The number of rotatable bonds is 6. The standard InChI is InChI=1S/C17H23NO2S.ClH/c19-16-3-7-18(8-4-16)9-11-20-10-5-14-1-2-17-15(13-14)6-12-21-17;/h1-2,6,12-13,16,19H,3-5,7-11H2;1H. The molecule has 1 aromatic carbocycles. The summed E-state index contributed by atoms with van der Waals surface area (Å²) in [4.78, 5) is 2.38. The Kier molecular flexibility index (Phi) is 7.12. The lowest BCUT2D eigenvalue weighted by atomic mass is 10.1. The van der Waals surface area contributed by atoms with Gasteiger partial charge < -0.3 is 14.7 Å². The van der Waals surface area contributed by atoms with Crippen LogP contribution >= 0.6 is 23.7 Å². The van der Waals surface area contributed by atoms with E-state index in [1.165, 1.54) is 15.6 Å². The van der Waals surface area contributed by atoms with Crippen LogP contribution in [0.3, 0.4) is 0 Å². The highest BCUT2D eigenvalue weighted by Gasteiger charge is 2.16. The van der Waals surface area contributed by atoms with Crippen molar-refractivity contribution in [2.24, 2.45) is 0 Å². The Morgan fingerprint density at radius 3 is 2.82 bits per heavy atom. The van der Waals surface area contributed by atoms with Gasteiger partial charge in [-0.25, -0.2) is 0 Å². The molecule has 1 aliphatic rings. The van der Waals surface area contributed by atoms with Crippen LogP contribution in [0.2, 0.25) is 0 Å². The molecule has 3 nitrogen and oxygen atoms in total. The zero-order chi connectivity index (χ0) is 14.5. The molecule has 1 fully saturated rings. The zero-order valence-corrected chi connectivity index (χ0v) is 14.4. The number of thiophene rings is 1. The third-order valence-electron chi connectivity index (χ3n) is 4.16. The smallest absolute Gasteiger partial charge is 0.0593 e. The minimum Gasteiger partial charge on any atom is -0.393 e. The van der Waals surface area contributed by atoms with Crippen LogP contribution in [0.1, 0.15) is 18.4 Å². The number of ether oxygens (including phenoxy) is 1. The van der Waals surface area contributed by atoms with Crippen LogP contribution in [0, 0.1) is 0 Å². The van der Waals surface area contributed by atoms with E-state index in [-0.39, 0.29) is 18.5 Å². The first-order chi connectivity index (χ1) is 10.3. The van der Waals surface area contributed by atoms with Crippen molar-refractivity contribution in [2.45, 2.75) is 25.4 Å². The third-order valence-corrected chi connectivity index (χ3v) is 5.06. The molecule has 5 heteroatoms. The van der Waals surface area contributed by atoms with Crippen molar-refractivity contribution in [1.82, 2.24) is 4.90 Å². The van der Waals surface area contributed by atoms with Crippen molar-refractivity contribution in [3.05, 3.63) is 35.2 Å². The molecular weight excluding hydrogens is 318 g/mol. The van der Waals surface area contributed by atoms with Crippen LogP contribution in [0.15, 0.2) is 29.6 Å². The zero-order valence-electron chi connectivity index (χ0n) is 12.7. The van der Waals surface area contributed by atoms with Crippen molar-refractivity contribution in [2.75, 3.05) is 32.8 Å². The maximum atomic E-state index is 9.47. The summed E-state index contributed by atoms with van der Waals surface area (Å²) < 4.78 is 7.11. The highest BCUT2D eigenvalue weighted by molar-refractivity contribution is 7.17. The largest absolute Gasteiger partial charge is 0.393 e. The normalized spacial score (nSPS) is 16.8. The van der Waals surface area contributed by atoms with E-state index < -0.39 is 0 Å². The molecule has 0 atom stereocenters. The first-order valence-electron chi connectivity index (χ1n) is 7.75. The van der Waals surface area contributed by atoms with Gasteiger partial charge in [0.05, 0.1) is 19.3 Å². The number of hydrogen-bond acceptors (Lipinski definition) is 4. The van der Waals surface area contributed by atoms with E-state index in [0.717, 1.165) is 52.1 Å². The molecule has 0 unspecified atom stereocenters. The summed E-state index contributed by atoms with van der Waals surface area (Å²) in [7, 11) is 0. The summed E-state index contributed by atoms with van der Waals surface area (Å²) in [5, 5.41) is 12.9. The Labute approximate surface area is 142 Å². The monoisotopic (exact) mass is 341 g/mol. The number of aliphatic hydroxyl groups is 1. The first-order valence-corrected chi connectivity index (χ1v) is 8.63. The summed E-state index contributed by atoms with van der Waals surface area (Å²) in [6.07, 6.45) is 2.69.